The van der Waals surface area contributed by atoms with Gasteiger partial charge in [-0.1, -0.05) is 0 Å². The summed E-state index contributed by atoms with van der Waals surface area (Å²) in [6.07, 6.45) is -4.73. The molecular weight excluding hydrogens is 151 g/mol. The number of alkyl halides is 3. The standard InChI is InChI=1S/C4H4F3NO2/c5-4(6,7)3(10)8-1-2-9/h2H,1H2,(H,8,10). The van der Waals surface area contributed by atoms with E-state index < -0.39 is 18.6 Å². The molecule has 0 aliphatic rings. The van der Waals surface area contributed by atoms with Crippen LogP contribution in [-0.2, 0) is 9.59 Å². The van der Waals surface area contributed by atoms with Gasteiger partial charge in [-0.3, -0.25) is 4.79 Å². The lowest BCUT2D eigenvalue weighted by Gasteiger charge is -2.03. The molecule has 1 amide bonds. The zero-order valence-corrected chi connectivity index (χ0v) is 4.73. The summed E-state index contributed by atoms with van der Waals surface area (Å²) in [6.45, 7) is -0.613. The van der Waals surface area contributed by atoms with E-state index in [0.29, 0.717) is 0 Å². The molecule has 58 valence electrons. The summed E-state index contributed by atoms with van der Waals surface area (Å²) in [5.74, 6) is -2.10. The van der Waals surface area contributed by atoms with Gasteiger partial charge in [0.05, 0.1) is 6.54 Å². The molecule has 0 aliphatic carbocycles. The van der Waals surface area contributed by atoms with Crippen LogP contribution in [0, 0.1) is 0 Å². The van der Waals surface area contributed by atoms with E-state index in [1.165, 1.54) is 5.32 Å². The molecule has 0 atom stereocenters. The van der Waals surface area contributed by atoms with E-state index in [4.69, 9.17) is 0 Å². The molecule has 0 fully saturated rings. The highest BCUT2D eigenvalue weighted by Crippen LogP contribution is 2.13. The van der Waals surface area contributed by atoms with Crippen molar-refractivity contribution in [1.29, 1.82) is 0 Å². The van der Waals surface area contributed by atoms with Gasteiger partial charge >= 0.3 is 12.1 Å². The third kappa shape index (κ3) is 3.06. The zero-order valence-electron chi connectivity index (χ0n) is 4.73. The number of nitrogens with one attached hydrogen (secondary N) is 1. The normalized spacial score (nSPS) is 10.7. The Labute approximate surface area is 54.2 Å². The van der Waals surface area contributed by atoms with E-state index in [9.17, 15) is 22.8 Å². The van der Waals surface area contributed by atoms with Gasteiger partial charge in [-0.15, -0.1) is 0 Å². The first-order valence-corrected chi connectivity index (χ1v) is 2.27. The number of rotatable bonds is 2. The maximum absolute atomic E-state index is 11.2. The predicted octanol–water partition coefficient (Wildman–Crippen LogP) is -0.136. The Morgan fingerprint density at radius 2 is 2.00 bits per heavy atom. The van der Waals surface area contributed by atoms with Crippen molar-refractivity contribution in [2.75, 3.05) is 6.54 Å². The van der Waals surface area contributed by atoms with E-state index in [1.807, 2.05) is 0 Å². The second-order valence-corrected chi connectivity index (χ2v) is 1.37. The average Bonchev–Trinajstić information content (AvgIpc) is 1.80. The fraction of sp³-hybridized carbons (Fsp3) is 0.500. The van der Waals surface area contributed by atoms with Crippen LogP contribution in [0.1, 0.15) is 0 Å². The van der Waals surface area contributed by atoms with Crippen LogP contribution in [0.2, 0.25) is 0 Å². The fourth-order valence-electron chi connectivity index (χ4n) is 0.235. The Bertz CT molecular complexity index is 142. The molecule has 0 aromatic rings. The first-order chi connectivity index (χ1) is 4.48. The Kier molecular flexibility index (Phi) is 2.85. The van der Waals surface area contributed by atoms with E-state index in [-0.39, 0.29) is 6.29 Å². The monoisotopic (exact) mass is 155 g/mol. The zero-order chi connectivity index (χ0) is 8.20. The first kappa shape index (κ1) is 8.93. The Morgan fingerprint density at radius 1 is 1.50 bits per heavy atom. The van der Waals surface area contributed by atoms with Crippen molar-refractivity contribution in [3.63, 3.8) is 0 Å². The third-order valence-corrected chi connectivity index (χ3v) is 0.603. The van der Waals surface area contributed by atoms with Crippen LogP contribution in [0.5, 0.6) is 0 Å². The van der Waals surface area contributed by atoms with Crippen LogP contribution in [0.4, 0.5) is 13.2 Å². The van der Waals surface area contributed by atoms with Gasteiger partial charge in [0, 0.05) is 0 Å². The molecule has 1 N–H and O–H groups in total. The molecule has 0 radical (unpaired) electrons. The number of halogens is 3. The van der Waals surface area contributed by atoms with Crippen molar-refractivity contribution in [3.8, 4) is 0 Å². The minimum atomic E-state index is -4.90. The van der Waals surface area contributed by atoms with Crippen LogP contribution < -0.4 is 5.32 Å². The first-order valence-electron chi connectivity index (χ1n) is 2.27. The van der Waals surface area contributed by atoms with Crippen molar-refractivity contribution < 1.29 is 22.8 Å². The molecular formula is C4H4F3NO2. The highest BCUT2D eigenvalue weighted by molar-refractivity contribution is 5.83. The molecule has 0 heterocycles. The highest BCUT2D eigenvalue weighted by atomic mass is 19.4. The SMILES string of the molecule is O=CCNC(=O)C(F)(F)F. The maximum atomic E-state index is 11.2. The molecule has 0 saturated heterocycles. The molecule has 0 saturated carbocycles. The summed E-state index contributed by atoms with van der Waals surface area (Å²) in [5, 5.41) is 1.34. The molecule has 6 heteroatoms. The number of carbonyl (C=O) groups is 2. The van der Waals surface area contributed by atoms with Crippen molar-refractivity contribution in [3.05, 3.63) is 0 Å². The summed E-state index contributed by atoms with van der Waals surface area (Å²) < 4.78 is 33.7. The van der Waals surface area contributed by atoms with Crippen LogP contribution in [-0.4, -0.2) is 24.9 Å². The van der Waals surface area contributed by atoms with Gasteiger partial charge in [0.15, 0.2) is 0 Å². The number of carbonyl (C=O) groups excluding carboxylic acids is 2. The van der Waals surface area contributed by atoms with Gasteiger partial charge in [0.2, 0.25) is 0 Å². The van der Waals surface area contributed by atoms with Gasteiger partial charge < -0.3 is 10.1 Å². The third-order valence-electron chi connectivity index (χ3n) is 0.603. The number of amides is 1. The van der Waals surface area contributed by atoms with Crippen LogP contribution in [0.15, 0.2) is 0 Å². The van der Waals surface area contributed by atoms with E-state index in [0.717, 1.165) is 0 Å². The maximum Gasteiger partial charge on any atom is 0.471 e. The summed E-state index contributed by atoms with van der Waals surface area (Å²) in [7, 11) is 0. The highest BCUT2D eigenvalue weighted by Gasteiger charge is 2.38. The second kappa shape index (κ2) is 3.19. The van der Waals surface area contributed by atoms with Gasteiger partial charge in [0.25, 0.3) is 0 Å². The molecule has 0 spiro atoms. The summed E-state index contributed by atoms with van der Waals surface area (Å²) in [6, 6.07) is 0. The van der Waals surface area contributed by atoms with Crippen molar-refractivity contribution in [1.82, 2.24) is 5.32 Å². The van der Waals surface area contributed by atoms with Gasteiger partial charge in [0.1, 0.15) is 6.29 Å². The van der Waals surface area contributed by atoms with Gasteiger partial charge in [-0.25, -0.2) is 0 Å². The van der Waals surface area contributed by atoms with E-state index >= 15 is 0 Å². The Hall–Kier alpha value is -1.07. The predicted molar refractivity (Wildman–Crippen MR) is 25.1 cm³/mol. The summed E-state index contributed by atoms with van der Waals surface area (Å²) >= 11 is 0. The quantitative estimate of drug-likeness (QED) is 0.564. The van der Waals surface area contributed by atoms with E-state index in [2.05, 4.69) is 0 Å². The summed E-state index contributed by atoms with van der Waals surface area (Å²) in [4.78, 5) is 19.3. The van der Waals surface area contributed by atoms with E-state index in [1.54, 1.807) is 0 Å². The van der Waals surface area contributed by atoms with Crippen molar-refractivity contribution in [2.24, 2.45) is 0 Å². The molecule has 0 aromatic carbocycles. The number of hydrogen-bond donors (Lipinski definition) is 1. The van der Waals surface area contributed by atoms with Gasteiger partial charge in [-0.2, -0.15) is 13.2 Å². The van der Waals surface area contributed by atoms with Crippen molar-refractivity contribution in [2.45, 2.75) is 6.18 Å². The Morgan fingerprint density at radius 3 is 2.30 bits per heavy atom. The summed E-state index contributed by atoms with van der Waals surface area (Å²) in [5.41, 5.74) is 0. The van der Waals surface area contributed by atoms with Crippen LogP contribution >= 0.6 is 0 Å². The smallest absolute Gasteiger partial charge is 0.341 e. The molecule has 3 nitrogen and oxygen atoms in total. The molecule has 0 aliphatic heterocycles. The van der Waals surface area contributed by atoms with Crippen LogP contribution in [0.3, 0.4) is 0 Å². The minimum absolute atomic E-state index is 0.170. The van der Waals surface area contributed by atoms with Crippen LogP contribution in [0.25, 0.3) is 0 Å². The number of aldehydes is 1. The minimum Gasteiger partial charge on any atom is -0.341 e. The molecule has 0 bridgehead atoms. The van der Waals surface area contributed by atoms with Gasteiger partial charge in [-0.05, 0) is 0 Å². The molecule has 10 heavy (non-hydrogen) atoms. The molecule has 0 rings (SSSR count). The molecule has 0 unspecified atom stereocenters. The largest absolute Gasteiger partial charge is 0.471 e. The molecule has 0 aromatic heterocycles. The lowest BCUT2D eigenvalue weighted by Crippen LogP contribution is -2.37. The topological polar surface area (TPSA) is 46.2 Å². The van der Waals surface area contributed by atoms with Crippen molar-refractivity contribution >= 4 is 12.2 Å². The second-order valence-electron chi connectivity index (χ2n) is 1.37. The average molecular weight is 155 g/mol. The fourth-order valence-corrected chi connectivity index (χ4v) is 0.235. The lowest BCUT2D eigenvalue weighted by atomic mass is 10.5. The number of hydrogen-bond acceptors (Lipinski definition) is 2. The lowest BCUT2D eigenvalue weighted by molar-refractivity contribution is -0.173. The Balaban J connectivity index is 3.74.